The molecule has 0 amide bonds. The Morgan fingerprint density at radius 2 is 1.52 bits per heavy atom. The molecule has 1 aliphatic carbocycles. The number of aromatic nitrogens is 4. The number of aryl methyl sites for hydroxylation is 2. The molecule has 3 heterocycles. The van der Waals surface area contributed by atoms with E-state index in [-0.39, 0.29) is 0 Å². The lowest BCUT2D eigenvalue weighted by molar-refractivity contribution is 0.388. The topological polar surface area (TPSA) is 44.9 Å². The second-order valence-corrected chi connectivity index (χ2v) is 17.4. The third-order valence-electron chi connectivity index (χ3n) is 11.5. The van der Waals surface area contributed by atoms with Gasteiger partial charge in [-0.2, -0.15) is 5.10 Å². The number of ether oxygens (including phenoxy) is 1. The Balaban J connectivity index is 1.37. The molecule has 5 heteroatoms. The minimum absolute atomic E-state index is 0.323. The van der Waals surface area contributed by atoms with Crippen molar-refractivity contribution in [1.29, 1.82) is 0 Å². The van der Waals surface area contributed by atoms with E-state index in [1.165, 1.54) is 50.8 Å². The number of hydrogen-bond acceptors (Lipinski definition) is 3. The second kappa shape index (κ2) is 15.6. The zero-order valence-corrected chi connectivity index (χ0v) is 34.3. The molecule has 0 saturated heterocycles. The number of allylic oxidation sites excluding steroid dienone is 2. The van der Waals surface area contributed by atoms with Gasteiger partial charge in [0.15, 0.2) is 0 Å². The van der Waals surface area contributed by atoms with E-state index in [0.717, 1.165) is 59.7 Å². The quantitative estimate of drug-likeness (QED) is 0.118. The predicted molar refractivity (Wildman–Crippen MR) is 227 cm³/mol. The maximum atomic E-state index is 6.88. The van der Waals surface area contributed by atoms with E-state index in [2.05, 4.69) is 151 Å². The van der Waals surface area contributed by atoms with Crippen molar-refractivity contribution in [3.05, 3.63) is 119 Å². The van der Waals surface area contributed by atoms with E-state index in [9.17, 15) is 0 Å². The van der Waals surface area contributed by atoms with Gasteiger partial charge in [0.25, 0.3) is 0 Å². The van der Waals surface area contributed by atoms with E-state index in [1.807, 2.05) is 12.3 Å². The zero-order chi connectivity index (χ0) is 38.3. The molecular formula is C49H60N4O. The Bertz CT molecular complexity index is 2300. The minimum atomic E-state index is 0.323. The van der Waals surface area contributed by atoms with Gasteiger partial charge in [-0.25, -0.2) is 9.67 Å². The van der Waals surface area contributed by atoms with Gasteiger partial charge >= 0.3 is 0 Å². The first-order valence-electron chi connectivity index (χ1n) is 20.5. The van der Waals surface area contributed by atoms with Crippen LogP contribution in [0.25, 0.3) is 33.3 Å². The summed E-state index contributed by atoms with van der Waals surface area (Å²) in [6, 6.07) is 26.0. The average molecular weight is 721 g/mol. The van der Waals surface area contributed by atoms with Crippen molar-refractivity contribution >= 4 is 21.8 Å². The molecule has 3 aromatic carbocycles. The Kier molecular flexibility index (Phi) is 10.9. The van der Waals surface area contributed by atoms with Crippen LogP contribution >= 0.6 is 0 Å². The molecule has 0 spiro atoms. The monoisotopic (exact) mass is 720 g/mol. The Morgan fingerprint density at radius 3 is 2.24 bits per heavy atom. The summed E-state index contributed by atoms with van der Waals surface area (Å²) in [6.07, 6.45) is 9.89. The fourth-order valence-electron chi connectivity index (χ4n) is 8.83. The highest BCUT2D eigenvalue weighted by molar-refractivity contribution is 6.09. The van der Waals surface area contributed by atoms with Crippen LogP contribution in [-0.2, 0) is 12.8 Å². The number of para-hydroxylation sites is 1. The third kappa shape index (κ3) is 7.65. The van der Waals surface area contributed by atoms with Crippen molar-refractivity contribution in [3.63, 3.8) is 0 Å². The van der Waals surface area contributed by atoms with Crippen molar-refractivity contribution in [2.45, 2.75) is 113 Å². The molecule has 0 N–H and O–H groups in total. The highest BCUT2D eigenvalue weighted by Gasteiger charge is 2.33. The molecule has 0 fully saturated rings. The van der Waals surface area contributed by atoms with Crippen LogP contribution in [0, 0.1) is 30.6 Å². The Labute approximate surface area is 323 Å². The van der Waals surface area contributed by atoms with E-state index in [0.29, 0.717) is 35.5 Å². The summed E-state index contributed by atoms with van der Waals surface area (Å²) >= 11 is 0. The molecule has 0 radical (unpaired) electrons. The second-order valence-electron chi connectivity index (χ2n) is 17.4. The maximum Gasteiger partial charge on any atom is 0.137 e. The molecule has 7 rings (SSSR count). The summed E-state index contributed by atoms with van der Waals surface area (Å²) in [7, 11) is 0. The van der Waals surface area contributed by atoms with Gasteiger partial charge in [0.2, 0.25) is 0 Å². The van der Waals surface area contributed by atoms with E-state index in [1.54, 1.807) is 0 Å². The third-order valence-corrected chi connectivity index (χ3v) is 11.5. The number of fused-ring (bicyclic) bond motifs is 3. The summed E-state index contributed by atoms with van der Waals surface area (Å²) < 4.78 is 11.5. The van der Waals surface area contributed by atoms with E-state index < -0.39 is 0 Å². The van der Waals surface area contributed by atoms with Gasteiger partial charge < -0.3 is 4.74 Å². The highest BCUT2D eigenvalue weighted by atomic mass is 16.5. The Morgan fingerprint density at radius 1 is 0.778 bits per heavy atom. The van der Waals surface area contributed by atoms with Gasteiger partial charge in [-0.1, -0.05) is 85.2 Å². The smallest absolute Gasteiger partial charge is 0.137 e. The number of benzene rings is 3. The largest absolute Gasteiger partial charge is 0.457 e. The minimum Gasteiger partial charge on any atom is -0.457 e. The molecule has 3 atom stereocenters. The van der Waals surface area contributed by atoms with Gasteiger partial charge in [0.05, 0.1) is 22.4 Å². The van der Waals surface area contributed by atoms with Gasteiger partial charge in [0, 0.05) is 46.3 Å². The maximum absolute atomic E-state index is 6.88. The van der Waals surface area contributed by atoms with E-state index in [4.69, 9.17) is 14.8 Å². The molecule has 1 unspecified atom stereocenters. The van der Waals surface area contributed by atoms with Gasteiger partial charge in [-0.15, -0.1) is 0 Å². The first kappa shape index (κ1) is 37.7. The van der Waals surface area contributed by atoms with Crippen LogP contribution in [0.15, 0.2) is 90.6 Å². The average Bonchev–Trinajstić information content (AvgIpc) is 3.64. The summed E-state index contributed by atoms with van der Waals surface area (Å²) in [6.45, 7) is 23.2. The lowest BCUT2D eigenvalue weighted by Crippen LogP contribution is -2.21. The molecular weight excluding hydrogens is 661 g/mol. The lowest BCUT2D eigenvalue weighted by Gasteiger charge is -2.33. The van der Waals surface area contributed by atoms with Crippen molar-refractivity contribution in [2.75, 3.05) is 0 Å². The molecule has 1 aliphatic rings. The standard InChI is InChI=1S/C49H60N4O/c1-30(2)15-19-43-49(48-35(9)23-34(8)24-36(48)10)45(20-16-31(3)4)53(51-43)38-26-37(32(5)6)27-40(28-38)54-39-17-18-42-41-13-11-12-14-44(41)52(46(42)29-39)47-25-33(7)21-22-50-47/h11-14,17-18,21-23,25-32,34,36,48H,15-16,19-20,24H2,1-10H3/t34-,36-,48?/m0/s1. The SMILES string of the molecule is CC1=C[C@H](C)C[C@H](C)C1c1c(CCC(C)C)nn(-c2cc(Oc3ccc4c5ccccc5n(-c5cc(C)ccn5)c4c3)cc(C(C)C)c2)c1CCC(C)C. The molecule has 0 aliphatic heterocycles. The molecule has 3 aromatic heterocycles. The number of hydrogen-bond donors (Lipinski definition) is 0. The van der Waals surface area contributed by atoms with Crippen LogP contribution < -0.4 is 4.74 Å². The first-order valence-corrected chi connectivity index (χ1v) is 20.5. The zero-order valence-electron chi connectivity index (χ0n) is 34.3. The van der Waals surface area contributed by atoms with Crippen LogP contribution in [-0.4, -0.2) is 19.3 Å². The van der Waals surface area contributed by atoms with Crippen molar-refractivity contribution in [3.8, 4) is 23.0 Å². The number of nitrogens with zero attached hydrogens (tertiary/aromatic N) is 4. The summed E-state index contributed by atoms with van der Waals surface area (Å²) in [5.41, 5.74) is 11.4. The molecule has 6 aromatic rings. The fourth-order valence-corrected chi connectivity index (χ4v) is 8.83. The van der Waals surface area contributed by atoms with Crippen LogP contribution in [0.1, 0.15) is 121 Å². The van der Waals surface area contributed by atoms with Crippen LogP contribution in [0.2, 0.25) is 0 Å². The molecule has 282 valence electrons. The molecule has 0 bridgehead atoms. The molecule has 5 nitrogen and oxygen atoms in total. The van der Waals surface area contributed by atoms with Gasteiger partial charge in [-0.3, -0.25) is 4.57 Å². The molecule has 54 heavy (non-hydrogen) atoms. The van der Waals surface area contributed by atoms with Crippen molar-refractivity contribution in [1.82, 2.24) is 19.3 Å². The number of pyridine rings is 1. The molecule has 0 saturated carbocycles. The summed E-state index contributed by atoms with van der Waals surface area (Å²) in [4.78, 5) is 4.79. The highest BCUT2D eigenvalue weighted by Crippen LogP contribution is 2.45. The normalized spacial score (nSPS) is 17.7. The van der Waals surface area contributed by atoms with Crippen molar-refractivity contribution < 1.29 is 4.74 Å². The Hall–Kier alpha value is -4.64. The number of rotatable bonds is 12. The fraction of sp³-hybridized carbons (Fsp3) is 0.429. The first-order chi connectivity index (χ1) is 25.9. The van der Waals surface area contributed by atoms with E-state index >= 15 is 0 Å². The summed E-state index contributed by atoms with van der Waals surface area (Å²) in [5, 5.41) is 7.97. The van der Waals surface area contributed by atoms with Crippen LogP contribution in [0.4, 0.5) is 0 Å². The van der Waals surface area contributed by atoms with Gasteiger partial charge in [-0.05, 0) is 129 Å². The van der Waals surface area contributed by atoms with Crippen molar-refractivity contribution in [2.24, 2.45) is 23.7 Å². The summed E-state index contributed by atoms with van der Waals surface area (Å²) in [5.74, 6) is 5.65. The van der Waals surface area contributed by atoms with Gasteiger partial charge in [0.1, 0.15) is 17.3 Å². The lowest BCUT2D eigenvalue weighted by atomic mass is 9.71. The van der Waals surface area contributed by atoms with Crippen LogP contribution in [0.5, 0.6) is 11.5 Å². The van der Waals surface area contributed by atoms with Crippen LogP contribution in [0.3, 0.4) is 0 Å². The predicted octanol–water partition coefficient (Wildman–Crippen LogP) is 13.5.